The summed E-state index contributed by atoms with van der Waals surface area (Å²) in [6.07, 6.45) is 0.653. The molecule has 0 bridgehead atoms. The van der Waals surface area contributed by atoms with Crippen LogP contribution in [-0.2, 0) is 26.3 Å². The van der Waals surface area contributed by atoms with Crippen molar-refractivity contribution in [1.82, 2.24) is 5.32 Å². The maximum absolute atomic E-state index is 12.5. The van der Waals surface area contributed by atoms with Crippen molar-refractivity contribution in [2.24, 2.45) is 0 Å². The van der Waals surface area contributed by atoms with Crippen LogP contribution in [0.2, 0.25) is 0 Å². The number of esters is 1. The minimum Gasteiger partial charge on any atom is -0.479 e. The minimum absolute atomic E-state index is 0.143. The summed E-state index contributed by atoms with van der Waals surface area (Å²) in [5, 5.41) is 12.5. The van der Waals surface area contributed by atoms with Crippen LogP contribution in [0.25, 0.3) is 0 Å². The fraction of sp³-hybridized carbons (Fsp3) is 0.467. The zero-order chi connectivity index (χ0) is 15.7. The molecule has 0 amide bonds. The van der Waals surface area contributed by atoms with E-state index in [1.165, 1.54) is 0 Å². The molecule has 5 heteroatoms. The molecular formula is C15H19NO4. The normalized spacial score (nSPS) is 22.6. The van der Waals surface area contributed by atoms with Crippen LogP contribution in [0.1, 0.15) is 33.2 Å². The van der Waals surface area contributed by atoms with Gasteiger partial charge in [0.05, 0.1) is 0 Å². The number of carboxylic acids is 1. The van der Waals surface area contributed by atoms with Gasteiger partial charge in [-0.2, -0.15) is 0 Å². The fourth-order valence-corrected chi connectivity index (χ4v) is 2.37. The molecule has 1 aromatic rings. The molecule has 0 saturated heterocycles. The van der Waals surface area contributed by atoms with Gasteiger partial charge in [-0.3, -0.25) is 5.32 Å². The molecule has 0 spiro atoms. The van der Waals surface area contributed by atoms with Crippen LogP contribution in [0.4, 0.5) is 0 Å². The number of carbonyl (C=O) groups excluding carboxylic acids is 1. The number of carboxylic acid groups (broad SMARTS) is 1. The number of carbonyl (C=O) groups is 2. The first kappa shape index (κ1) is 13.1. The molecule has 108 valence electrons. The lowest BCUT2D eigenvalue weighted by molar-refractivity contribution is -0.172. The minimum atomic E-state index is -1.90. The van der Waals surface area contributed by atoms with E-state index in [4.69, 9.17) is 6.11 Å². The van der Waals surface area contributed by atoms with E-state index in [1.54, 1.807) is 26.0 Å². The Bertz CT molecular complexity index is 573. The molecule has 1 atom stereocenters. The second-order valence-electron chi connectivity index (χ2n) is 5.54. The number of benzene rings is 1. The molecule has 1 aromatic carbocycles. The van der Waals surface area contributed by atoms with E-state index in [2.05, 4.69) is 5.32 Å². The van der Waals surface area contributed by atoms with E-state index < -0.39 is 23.1 Å². The van der Waals surface area contributed by atoms with E-state index in [0.29, 0.717) is 18.5 Å². The van der Waals surface area contributed by atoms with Crippen molar-refractivity contribution < 1.29 is 20.8 Å². The van der Waals surface area contributed by atoms with Crippen LogP contribution in [0.5, 0.6) is 0 Å². The van der Waals surface area contributed by atoms with Crippen molar-refractivity contribution in [2.75, 3.05) is 6.54 Å². The highest BCUT2D eigenvalue weighted by molar-refractivity contribution is 6.05. The van der Waals surface area contributed by atoms with Crippen LogP contribution >= 0.6 is 0 Å². The maximum atomic E-state index is 12.5. The van der Waals surface area contributed by atoms with Gasteiger partial charge in [0.15, 0.2) is 0 Å². The summed E-state index contributed by atoms with van der Waals surface area (Å²) in [5.41, 5.74) is -1.71. The van der Waals surface area contributed by atoms with Gasteiger partial charge in [0, 0.05) is 7.92 Å². The first-order valence-corrected chi connectivity index (χ1v) is 6.43. The van der Waals surface area contributed by atoms with Crippen LogP contribution in [0.3, 0.4) is 0 Å². The van der Waals surface area contributed by atoms with Crippen molar-refractivity contribution in [3.8, 4) is 0 Å². The highest BCUT2D eigenvalue weighted by atomic mass is 16.6. The third-order valence-electron chi connectivity index (χ3n) is 3.20. The number of aliphatic carboxylic acids is 1. The zero-order valence-corrected chi connectivity index (χ0v) is 11.6. The van der Waals surface area contributed by atoms with Gasteiger partial charge >= 0.3 is 11.9 Å². The molecule has 5 nitrogen and oxygen atoms in total. The van der Waals surface area contributed by atoms with Crippen molar-refractivity contribution in [3.63, 3.8) is 0 Å². The SMILES string of the molecule is [2H]CC(C)(C)OC(=O)C1(C(=O)O)NCCc2ccccc21. The Morgan fingerprint density at radius 2 is 2.15 bits per heavy atom. The Morgan fingerprint density at radius 1 is 1.45 bits per heavy atom. The summed E-state index contributed by atoms with van der Waals surface area (Å²) < 4.78 is 12.7. The van der Waals surface area contributed by atoms with E-state index in [-0.39, 0.29) is 6.90 Å². The molecule has 1 unspecified atom stereocenters. The van der Waals surface area contributed by atoms with Crippen molar-refractivity contribution >= 4 is 11.9 Å². The molecule has 1 aliphatic heterocycles. The molecule has 2 rings (SSSR count). The first-order chi connectivity index (χ1) is 9.83. The predicted molar refractivity (Wildman–Crippen MR) is 73.3 cm³/mol. The average Bonchev–Trinajstić information content (AvgIpc) is 2.45. The van der Waals surface area contributed by atoms with Crippen LogP contribution < -0.4 is 5.32 Å². The highest BCUT2D eigenvalue weighted by Crippen LogP contribution is 2.31. The Labute approximate surface area is 119 Å². The van der Waals surface area contributed by atoms with Crippen molar-refractivity contribution in [3.05, 3.63) is 35.4 Å². The van der Waals surface area contributed by atoms with Crippen molar-refractivity contribution in [2.45, 2.75) is 38.3 Å². The number of hydrogen-bond acceptors (Lipinski definition) is 4. The summed E-state index contributed by atoms with van der Waals surface area (Å²) >= 11 is 0. The first-order valence-electron chi connectivity index (χ1n) is 7.14. The Hall–Kier alpha value is -1.88. The monoisotopic (exact) mass is 278 g/mol. The van der Waals surface area contributed by atoms with Crippen molar-refractivity contribution in [1.29, 1.82) is 0 Å². The van der Waals surface area contributed by atoms with Crippen LogP contribution in [0.15, 0.2) is 24.3 Å². The molecule has 0 aliphatic carbocycles. The van der Waals surface area contributed by atoms with Gasteiger partial charge in [-0.25, -0.2) is 9.59 Å². The maximum Gasteiger partial charge on any atom is 0.343 e. The van der Waals surface area contributed by atoms with E-state index in [0.717, 1.165) is 5.56 Å². The number of ether oxygens (including phenoxy) is 1. The van der Waals surface area contributed by atoms with Gasteiger partial charge in [0.2, 0.25) is 5.54 Å². The van der Waals surface area contributed by atoms with Crippen LogP contribution in [0, 0.1) is 0 Å². The number of hydrogen-bond donors (Lipinski definition) is 2. The Balaban J connectivity index is 2.49. The molecular weight excluding hydrogens is 258 g/mol. The second kappa shape index (κ2) is 4.90. The summed E-state index contributed by atoms with van der Waals surface area (Å²) in [7, 11) is 0. The standard InChI is InChI=1S/C15H19NO4/c1-14(2,3)20-13(19)15(12(17)18)11-7-5-4-6-10(11)8-9-16-15/h4-7,16H,8-9H2,1-3H3,(H,17,18)/i1D. The van der Waals surface area contributed by atoms with Gasteiger partial charge in [0.1, 0.15) is 5.60 Å². The summed E-state index contributed by atoms with van der Waals surface area (Å²) in [4.78, 5) is 24.4. The largest absolute Gasteiger partial charge is 0.479 e. The number of nitrogens with one attached hydrogen (secondary N) is 1. The summed E-state index contributed by atoms with van der Waals surface area (Å²) in [5.74, 6) is -2.17. The lowest BCUT2D eigenvalue weighted by atomic mass is 9.82. The van der Waals surface area contributed by atoms with Crippen LogP contribution in [-0.4, -0.2) is 29.2 Å². The number of rotatable bonds is 2. The zero-order valence-electron chi connectivity index (χ0n) is 12.6. The van der Waals surface area contributed by atoms with E-state index in [1.807, 2.05) is 12.1 Å². The smallest absolute Gasteiger partial charge is 0.343 e. The Kier molecular flexibility index (Phi) is 3.22. The third kappa shape index (κ3) is 2.41. The predicted octanol–water partition coefficient (Wildman–Crippen LogP) is 1.45. The third-order valence-corrected chi connectivity index (χ3v) is 3.20. The molecule has 2 N–H and O–H groups in total. The Morgan fingerprint density at radius 3 is 2.80 bits per heavy atom. The van der Waals surface area contributed by atoms with E-state index in [9.17, 15) is 14.7 Å². The second-order valence-corrected chi connectivity index (χ2v) is 5.54. The van der Waals surface area contributed by atoms with Gasteiger partial charge in [-0.1, -0.05) is 24.3 Å². The molecule has 0 aromatic heterocycles. The lowest BCUT2D eigenvalue weighted by Crippen LogP contribution is -2.60. The highest BCUT2D eigenvalue weighted by Gasteiger charge is 2.52. The quantitative estimate of drug-likeness (QED) is 0.632. The lowest BCUT2D eigenvalue weighted by Gasteiger charge is -2.36. The van der Waals surface area contributed by atoms with Gasteiger partial charge < -0.3 is 9.84 Å². The average molecular weight is 278 g/mol. The molecule has 0 saturated carbocycles. The van der Waals surface area contributed by atoms with E-state index >= 15 is 0 Å². The van der Waals surface area contributed by atoms with Gasteiger partial charge in [-0.05, 0) is 38.3 Å². The summed E-state index contributed by atoms with van der Waals surface area (Å²) in [6, 6.07) is 6.96. The molecule has 0 radical (unpaired) electrons. The molecule has 20 heavy (non-hydrogen) atoms. The van der Waals surface area contributed by atoms with Gasteiger partial charge in [0.25, 0.3) is 0 Å². The fourth-order valence-electron chi connectivity index (χ4n) is 2.37. The number of fused-ring (bicyclic) bond motifs is 1. The summed E-state index contributed by atoms with van der Waals surface area (Å²) in [6.45, 7) is 3.40. The van der Waals surface area contributed by atoms with Gasteiger partial charge in [-0.15, -0.1) is 0 Å². The molecule has 0 fully saturated rings. The molecule has 1 aliphatic rings. The molecule has 1 heterocycles. The topological polar surface area (TPSA) is 75.6 Å².